The van der Waals surface area contributed by atoms with Gasteiger partial charge in [-0.1, -0.05) is 78.9 Å². The van der Waals surface area contributed by atoms with Gasteiger partial charge in [0.05, 0.1) is 10.9 Å². The number of benzene rings is 3. The molecule has 0 N–H and O–H groups in total. The Hall–Kier alpha value is -3.56. The first-order valence-corrected chi connectivity index (χ1v) is 14.5. The number of aromatic nitrogens is 2. The van der Waals surface area contributed by atoms with E-state index in [-0.39, 0.29) is 0 Å². The van der Waals surface area contributed by atoms with Crippen LogP contribution in [-0.4, -0.2) is 13.1 Å². The zero-order valence-corrected chi connectivity index (χ0v) is 20.7. The zero-order valence-electron chi connectivity index (χ0n) is 19.7. The lowest BCUT2D eigenvalue weighted by molar-refractivity contribution is -0.659. The molecule has 0 bridgehead atoms. The first kappa shape index (κ1) is 21.3. The lowest BCUT2D eigenvalue weighted by atomic mass is 9.95. The number of fused-ring (bicyclic) bond motifs is 1. The van der Waals surface area contributed by atoms with Crippen LogP contribution >= 0.6 is 0 Å². The average Bonchev–Trinajstić information content (AvgIpc) is 2.85. The molecule has 0 aliphatic heterocycles. The molecule has 0 spiro atoms. The Morgan fingerprint density at radius 2 is 1.55 bits per heavy atom. The van der Waals surface area contributed by atoms with Gasteiger partial charge >= 0.3 is 0 Å². The van der Waals surface area contributed by atoms with E-state index in [9.17, 15) is 0 Å². The average molecular weight is 446 g/mol. The molecule has 162 valence electrons. The van der Waals surface area contributed by atoms with E-state index in [0.29, 0.717) is 0 Å². The van der Waals surface area contributed by atoms with E-state index < -0.39 is 8.07 Å². The van der Waals surface area contributed by atoms with Gasteiger partial charge in [-0.3, -0.25) is 4.98 Å². The second-order valence-corrected chi connectivity index (χ2v) is 13.7. The molecule has 2 nitrogen and oxygen atoms in total. The highest BCUT2D eigenvalue weighted by Gasteiger charge is 2.28. The Balaban J connectivity index is 1.67. The standard InChI is InChI=1S/C30H29N2Si/c1-22-13-14-24(23-10-6-5-7-11-23)21-28(22)30-27-16-15-26(20-25(27)17-19-32(30)2)33(3,4)29-12-8-9-18-31-29/h5-21H,1-4H3/q+1. The quantitative estimate of drug-likeness (QED) is 0.263. The summed E-state index contributed by atoms with van der Waals surface area (Å²) in [6, 6.07) is 32.9. The lowest BCUT2D eigenvalue weighted by Crippen LogP contribution is -2.54. The fraction of sp³-hybridized carbons (Fsp3) is 0.133. The second-order valence-electron chi connectivity index (χ2n) is 9.31. The third kappa shape index (κ3) is 3.89. The Kier molecular flexibility index (Phi) is 5.43. The fourth-order valence-electron chi connectivity index (χ4n) is 4.66. The number of aryl methyl sites for hydroxylation is 2. The summed E-state index contributed by atoms with van der Waals surface area (Å²) in [5.74, 6) is 0. The van der Waals surface area contributed by atoms with Gasteiger partial charge in [0.15, 0.2) is 6.20 Å². The topological polar surface area (TPSA) is 16.8 Å². The monoisotopic (exact) mass is 445 g/mol. The van der Waals surface area contributed by atoms with Crippen LogP contribution in [0.1, 0.15) is 5.56 Å². The van der Waals surface area contributed by atoms with Crippen LogP contribution in [0.15, 0.2) is 103 Å². The fourth-order valence-corrected chi connectivity index (χ4v) is 6.89. The number of hydrogen-bond acceptors (Lipinski definition) is 1. The number of hydrogen-bond donors (Lipinski definition) is 0. The van der Waals surface area contributed by atoms with Crippen LogP contribution in [0.25, 0.3) is 33.2 Å². The Morgan fingerprint density at radius 1 is 0.758 bits per heavy atom. The molecule has 0 radical (unpaired) electrons. The second kappa shape index (κ2) is 8.42. The summed E-state index contributed by atoms with van der Waals surface area (Å²) in [4.78, 5) is 4.69. The van der Waals surface area contributed by atoms with Gasteiger partial charge in [-0.25, -0.2) is 4.57 Å². The predicted octanol–water partition coefficient (Wildman–Crippen LogP) is 5.52. The van der Waals surface area contributed by atoms with E-state index in [1.807, 2.05) is 12.3 Å². The molecule has 0 fully saturated rings. The van der Waals surface area contributed by atoms with E-state index in [1.54, 1.807) is 0 Å². The maximum Gasteiger partial charge on any atom is 0.220 e. The summed E-state index contributed by atoms with van der Waals surface area (Å²) in [7, 11) is 0.278. The molecule has 0 saturated heterocycles. The summed E-state index contributed by atoms with van der Waals surface area (Å²) in [6.07, 6.45) is 4.09. The normalized spacial score (nSPS) is 11.6. The first-order chi connectivity index (χ1) is 15.9. The summed E-state index contributed by atoms with van der Waals surface area (Å²) < 4.78 is 2.25. The van der Waals surface area contributed by atoms with Crippen LogP contribution in [0.4, 0.5) is 0 Å². The van der Waals surface area contributed by atoms with Crippen LogP contribution in [0.3, 0.4) is 0 Å². The smallest absolute Gasteiger partial charge is 0.220 e. The Labute approximate surface area is 197 Å². The van der Waals surface area contributed by atoms with Gasteiger partial charge in [0.1, 0.15) is 15.1 Å². The van der Waals surface area contributed by atoms with Gasteiger partial charge in [-0.2, -0.15) is 0 Å². The lowest BCUT2D eigenvalue weighted by Gasteiger charge is -2.22. The van der Waals surface area contributed by atoms with Gasteiger partial charge in [0, 0.05) is 17.6 Å². The molecule has 2 aromatic heterocycles. The minimum atomic E-state index is -1.86. The summed E-state index contributed by atoms with van der Waals surface area (Å²) in [5, 5.41) is 5.19. The van der Waals surface area contributed by atoms with Crippen LogP contribution in [0, 0.1) is 6.92 Å². The predicted molar refractivity (Wildman–Crippen MR) is 142 cm³/mol. The van der Waals surface area contributed by atoms with Crippen molar-refractivity contribution in [3.8, 4) is 22.4 Å². The molecule has 0 saturated carbocycles. The van der Waals surface area contributed by atoms with Gasteiger partial charge in [-0.05, 0) is 53.3 Å². The molecule has 2 heterocycles. The number of nitrogens with zero attached hydrogens (tertiary/aromatic N) is 2. The van der Waals surface area contributed by atoms with E-state index in [2.05, 4.69) is 123 Å². The summed E-state index contributed by atoms with van der Waals surface area (Å²) in [5.41, 5.74) is 6.30. The highest BCUT2D eigenvalue weighted by atomic mass is 28.3. The number of pyridine rings is 2. The van der Waals surface area contributed by atoms with Crippen LogP contribution < -0.4 is 15.1 Å². The highest BCUT2D eigenvalue weighted by Crippen LogP contribution is 2.31. The van der Waals surface area contributed by atoms with Gasteiger partial charge in [0.2, 0.25) is 5.69 Å². The molecular formula is C30H29N2Si+. The van der Waals surface area contributed by atoms with Gasteiger partial charge in [0.25, 0.3) is 0 Å². The highest BCUT2D eigenvalue weighted by molar-refractivity contribution is 7.00. The molecule has 33 heavy (non-hydrogen) atoms. The molecule has 0 amide bonds. The summed E-state index contributed by atoms with van der Waals surface area (Å²) in [6.45, 7) is 6.97. The van der Waals surface area contributed by atoms with Crippen LogP contribution in [0.2, 0.25) is 13.1 Å². The van der Waals surface area contributed by atoms with Crippen molar-refractivity contribution in [1.82, 2.24) is 4.98 Å². The van der Waals surface area contributed by atoms with Crippen molar-refractivity contribution >= 4 is 29.4 Å². The molecular weight excluding hydrogens is 416 g/mol. The van der Waals surface area contributed by atoms with Crippen molar-refractivity contribution in [2.75, 3.05) is 0 Å². The third-order valence-electron chi connectivity index (χ3n) is 6.76. The van der Waals surface area contributed by atoms with Crippen LogP contribution in [-0.2, 0) is 7.05 Å². The van der Waals surface area contributed by atoms with E-state index in [0.717, 1.165) is 0 Å². The molecule has 0 aliphatic rings. The Morgan fingerprint density at radius 3 is 2.30 bits per heavy atom. The van der Waals surface area contributed by atoms with E-state index in [1.165, 1.54) is 49.2 Å². The van der Waals surface area contributed by atoms with E-state index in [4.69, 9.17) is 4.98 Å². The minimum Gasteiger partial charge on any atom is -0.266 e. The number of rotatable bonds is 4. The Bertz CT molecular complexity index is 1440. The van der Waals surface area contributed by atoms with Crippen molar-refractivity contribution in [3.63, 3.8) is 0 Å². The molecule has 0 unspecified atom stereocenters. The van der Waals surface area contributed by atoms with Crippen molar-refractivity contribution in [2.45, 2.75) is 20.0 Å². The molecule has 5 rings (SSSR count). The van der Waals surface area contributed by atoms with Crippen LogP contribution in [0.5, 0.6) is 0 Å². The zero-order chi connectivity index (χ0) is 23.0. The SMILES string of the molecule is Cc1ccc(-c2ccccc2)cc1-c1c2ccc([Si](C)(C)c3ccccn3)cc2cc[n+]1C. The third-order valence-corrected chi connectivity index (χ3v) is 10.1. The van der Waals surface area contributed by atoms with Crippen molar-refractivity contribution in [3.05, 3.63) is 109 Å². The molecule has 0 aliphatic carbocycles. The van der Waals surface area contributed by atoms with Gasteiger partial charge in [-0.15, -0.1) is 0 Å². The maximum atomic E-state index is 4.69. The maximum absolute atomic E-state index is 4.69. The minimum absolute atomic E-state index is 1.22. The molecule has 3 heteroatoms. The molecule has 0 atom stereocenters. The molecule has 5 aromatic rings. The van der Waals surface area contributed by atoms with Crippen molar-refractivity contribution in [1.29, 1.82) is 0 Å². The van der Waals surface area contributed by atoms with E-state index >= 15 is 0 Å². The van der Waals surface area contributed by atoms with Crippen molar-refractivity contribution < 1.29 is 4.57 Å². The largest absolute Gasteiger partial charge is 0.266 e. The molecule has 3 aromatic carbocycles. The summed E-state index contributed by atoms with van der Waals surface area (Å²) >= 11 is 0. The first-order valence-electron chi connectivity index (χ1n) is 11.5. The van der Waals surface area contributed by atoms with Gasteiger partial charge < -0.3 is 0 Å². The van der Waals surface area contributed by atoms with Crippen molar-refractivity contribution in [2.24, 2.45) is 7.05 Å².